The SMILES string of the molecule is N#CCC#Cc1ccc(F)c(C(=O)O)c1F. The van der Waals surface area contributed by atoms with Crippen LogP contribution in [0.5, 0.6) is 0 Å². The average molecular weight is 221 g/mol. The number of hydrogen-bond acceptors (Lipinski definition) is 2. The Morgan fingerprint density at radius 1 is 1.44 bits per heavy atom. The van der Waals surface area contributed by atoms with Crippen LogP contribution >= 0.6 is 0 Å². The van der Waals surface area contributed by atoms with E-state index in [9.17, 15) is 13.6 Å². The molecule has 0 aliphatic heterocycles. The minimum absolute atomic E-state index is 0.112. The van der Waals surface area contributed by atoms with Crippen molar-refractivity contribution < 1.29 is 18.7 Å². The standard InChI is InChI=1S/C11H5F2NO2/c12-8-5-4-7(3-1-2-6-14)10(13)9(8)11(15)16/h4-5H,2H2,(H,15,16). The first kappa shape index (κ1) is 11.7. The Bertz CT molecular complexity index is 535. The lowest BCUT2D eigenvalue weighted by atomic mass is 10.1. The van der Waals surface area contributed by atoms with Gasteiger partial charge in [0.05, 0.1) is 18.1 Å². The van der Waals surface area contributed by atoms with Crippen molar-refractivity contribution in [3.8, 4) is 17.9 Å². The zero-order valence-electron chi connectivity index (χ0n) is 7.92. The van der Waals surface area contributed by atoms with Gasteiger partial charge in [-0.1, -0.05) is 11.8 Å². The Labute approximate surface area is 89.9 Å². The Balaban J connectivity index is 3.27. The van der Waals surface area contributed by atoms with E-state index in [4.69, 9.17) is 10.4 Å². The van der Waals surface area contributed by atoms with E-state index in [0.717, 1.165) is 12.1 Å². The molecule has 1 N–H and O–H groups in total. The molecular formula is C11H5F2NO2. The van der Waals surface area contributed by atoms with E-state index in [-0.39, 0.29) is 12.0 Å². The summed E-state index contributed by atoms with van der Waals surface area (Å²) in [5.41, 5.74) is -1.28. The number of aromatic carboxylic acids is 1. The normalized spacial score (nSPS) is 8.81. The second-order valence-electron chi connectivity index (χ2n) is 2.73. The van der Waals surface area contributed by atoms with Crippen LogP contribution in [0.4, 0.5) is 8.78 Å². The second kappa shape index (κ2) is 4.90. The van der Waals surface area contributed by atoms with Crippen LogP contribution in [-0.4, -0.2) is 11.1 Å². The third-order valence-electron chi connectivity index (χ3n) is 1.70. The summed E-state index contributed by atoms with van der Waals surface area (Å²) in [7, 11) is 0. The van der Waals surface area contributed by atoms with Crippen molar-refractivity contribution in [3.63, 3.8) is 0 Å². The predicted molar refractivity (Wildman–Crippen MR) is 50.4 cm³/mol. The van der Waals surface area contributed by atoms with Gasteiger partial charge in [0.2, 0.25) is 0 Å². The molecular weight excluding hydrogens is 216 g/mol. The van der Waals surface area contributed by atoms with E-state index in [1.54, 1.807) is 6.07 Å². The summed E-state index contributed by atoms with van der Waals surface area (Å²) in [6.45, 7) is 0. The number of halogens is 2. The topological polar surface area (TPSA) is 61.1 Å². The van der Waals surface area contributed by atoms with Crippen LogP contribution in [0.1, 0.15) is 22.3 Å². The molecule has 0 aliphatic rings. The van der Waals surface area contributed by atoms with Crippen LogP contribution in [0.2, 0.25) is 0 Å². The zero-order valence-corrected chi connectivity index (χ0v) is 7.92. The third-order valence-corrected chi connectivity index (χ3v) is 1.70. The second-order valence-corrected chi connectivity index (χ2v) is 2.73. The van der Waals surface area contributed by atoms with Crippen molar-refractivity contribution in [3.05, 3.63) is 34.9 Å². The monoisotopic (exact) mass is 221 g/mol. The number of carboxylic acid groups (broad SMARTS) is 1. The molecule has 0 spiro atoms. The number of carboxylic acids is 1. The van der Waals surface area contributed by atoms with E-state index in [1.807, 2.05) is 0 Å². The molecule has 80 valence electrons. The Morgan fingerprint density at radius 3 is 2.69 bits per heavy atom. The van der Waals surface area contributed by atoms with Crippen LogP contribution in [0.15, 0.2) is 12.1 Å². The maximum Gasteiger partial charge on any atom is 0.341 e. The summed E-state index contributed by atoms with van der Waals surface area (Å²) < 4.78 is 26.4. The van der Waals surface area contributed by atoms with Gasteiger partial charge in [0, 0.05) is 0 Å². The van der Waals surface area contributed by atoms with Gasteiger partial charge < -0.3 is 5.11 Å². The molecule has 0 radical (unpaired) electrons. The molecule has 0 atom stereocenters. The highest BCUT2D eigenvalue weighted by Gasteiger charge is 2.18. The molecule has 0 fully saturated rings. The fourth-order valence-corrected chi connectivity index (χ4v) is 1.02. The van der Waals surface area contributed by atoms with Crippen LogP contribution in [-0.2, 0) is 0 Å². The highest BCUT2D eigenvalue weighted by Crippen LogP contribution is 2.16. The lowest BCUT2D eigenvalue weighted by molar-refractivity contribution is 0.0686. The molecule has 0 heterocycles. The van der Waals surface area contributed by atoms with Gasteiger partial charge >= 0.3 is 5.97 Å². The summed E-state index contributed by atoms with van der Waals surface area (Å²) in [6.07, 6.45) is -0.112. The third kappa shape index (κ3) is 2.34. The summed E-state index contributed by atoms with van der Waals surface area (Å²) in [5, 5.41) is 16.8. The molecule has 1 rings (SSSR count). The van der Waals surface area contributed by atoms with Crippen molar-refractivity contribution in [1.82, 2.24) is 0 Å². The highest BCUT2D eigenvalue weighted by atomic mass is 19.1. The Hall–Kier alpha value is -2.40. The number of carbonyl (C=O) groups is 1. The smallest absolute Gasteiger partial charge is 0.341 e. The van der Waals surface area contributed by atoms with Gasteiger partial charge in [0.15, 0.2) is 5.82 Å². The molecule has 3 nitrogen and oxygen atoms in total. The van der Waals surface area contributed by atoms with Gasteiger partial charge in [-0.3, -0.25) is 0 Å². The highest BCUT2D eigenvalue weighted by molar-refractivity contribution is 5.88. The molecule has 0 saturated heterocycles. The van der Waals surface area contributed by atoms with E-state index < -0.39 is 23.2 Å². The molecule has 16 heavy (non-hydrogen) atoms. The number of hydrogen-bond donors (Lipinski definition) is 1. The van der Waals surface area contributed by atoms with Crippen LogP contribution in [0.25, 0.3) is 0 Å². The van der Waals surface area contributed by atoms with Gasteiger partial charge in [0.1, 0.15) is 11.4 Å². The first-order chi connectivity index (χ1) is 7.57. The Morgan fingerprint density at radius 2 is 2.12 bits per heavy atom. The van der Waals surface area contributed by atoms with Crippen LogP contribution < -0.4 is 0 Å². The van der Waals surface area contributed by atoms with E-state index >= 15 is 0 Å². The molecule has 0 saturated carbocycles. The van der Waals surface area contributed by atoms with Crippen LogP contribution in [0.3, 0.4) is 0 Å². The maximum absolute atomic E-state index is 13.4. The number of benzene rings is 1. The zero-order chi connectivity index (χ0) is 12.1. The fraction of sp³-hybridized carbons (Fsp3) is 0.0909. The van der Waals surface area contributed by atoms with Gasteiger partial charge in [0.25, 0.3) is 0 Å². The Kier molecular flexibility index (Phi) is 3.58. The van der Waals surface area contributed by atoms with E-state index in [0.29, 0.717) is 0 Å². The van der Waals surface area contributed by atoms with Gasteiger partial charge in [-0.2, -0.15) is 5.26 Å². The average Bonchev–Trinajstić information content (AvgIpc) is 2.21. The molecule has 0 aliphatic carbocycles. The lowest BCUT2D eigenvalue weighted by Gasteiger charge is -2.00. The first-order valence-electron chi connectivity index (χ1n) is 4.15. The summed E-state index contributed by atoms with van der Waals surface area (Å²) >= 11 is 0. The van der Waals surface area contributed by atoms with Crippen molar-refractivity contribution in [2.75, 3.05) is 0 Å². The van der Waals surface area contributed by atoms with Crippen molar-refractivity contribution in [2.45, 2.75) is 6.42 Å². The molecule has 0 aromatic heterocycles. The van der Waals surface area contributed by atoms with E-state index in [2.05, 4.69) is 11.8 Å². The van der Waals surface area contributed by atoms with Crippen molar-refractivity contribution in [2.24, 2.45) is 0 Å². The van der Waals surface area contributed by atoms with E-state index in [1.165, 1.54) is 0 Å². The van der Waals surface area contributed by atoms with Gasteiger partial charge in [-0.25, -0.2) is 13.6 Å². The minimum Gasteiger partial charge on any atom is -0.477 e. The number of rotatable bonds is 1. The van der Waals surface area contributed by atoms with Gasteiger partial charge in [-0.15, -0.1) is 0 Å². The fourth-order valence-electron chi connectivity index (χ4n) is 1.02. The van der Waals surface area contributed by atoms with Crippen molar-refractivity contribution >= 4 is 5.97 Å². The molecule has 1 aromatic rings. The summed E-state index contributed by atoms with van der Waals surface area (Å²) in [6, 6.07) is 3.57. The molecule has 5 heteroatoms. The van der Waals surface area contributed by atoms with Crippen molar-refractivity contribution in [1.29, 1.82) is 5.26 Å². The van der Waals surface area contributed by atoms with Crippen LogP contribution in [0, 0.1) is 34.8 Å². The lowest BCUT2D eigenvalue weighted by Crippen LogP contribution is -2.06. The molecule has 0 bridgehead atoms. The first-order valence-corrected chi connectivity index (χ1v) is 4.15. The summed E-state index contributed by atoms with van der Waals surface area (Å²) in [4.78, 5) is 10.5. The maximum atomic E-state index is 13.4. The minimum atomic E-state index is -1.70. The quantitative estimate of drug-likeness (QED) is 0.737. The largest absolute Gasteiger partial charge is 0.477 e. The molecule has 1 aromatic carbocycles. The number of nitrogens with zero attached hydrogens (tertiary/aromatic N) is 1. The van der Waals surface area contributed by atoms with Gasteiger partial charge in [-0.05, 0) is 12.1 Å². The predicted octanol–water partition coefficient (Wildman–Crippen LogP) is 1.93. The number of nitriles is 1. The summed E-state index contributed by atoms with van der Waals surface area (Å²) in [5.74, 6) is 0.494. The molecule has 0 amide bonds. The molecule has 0 unspecified atom stereocenters.